The van der Waals surface area contributed by atoms with Crippen LogP contribution in [0.2, 0.25) is 0 Å². The van der Waals surface area contributed by atoms with E-state index in [-0.39, 0.29) is 42.1 Å². The van der Waals surface area contributed by atoms with E-state index in [1.54, 1.807) is 4.90 Å². The quantitative estimate of drug-likeness (QED) is 0.692. The highest BCUT2D eigenvalue weighted by molar-refractivity contribution is 6.06. The Kier molecular flexibility index (Phi) is 5.66. The minimum absolute atomic E-state index is 0.00645. The number of anilines is 2. The summed E-state index contributed by atoms with van der Waals surface area (Å²) in [5, 5.41) is 7.10. The number of rotatable bonds is 5. The van der Waals surface area contributed by atoms with Gasteiger partial charge in [-0.25, -0.2) is 4.68 Å². The van der Waals surface area contributed by atoms with E-state index in [1.165, 1.54) is 16.8 Å². The normalized spacial score (nSPS) is 14.9. The molecule has 0 spiro atoms. The van der Waals surface area contributed by atoms with Crippen molar-refractivity contribution in [3.63, 3.8) is 0 Å². The second-order valence-corrected chi connectivity index (χ2v) is 7.75. The molecule has 1 aliphatic heterocycles. The van der Waals surface area contributed by atoms with Crippen LogP contribution in [0.25, 0.3) is 0 Å². The maximum Gasteiger partial charge on any atom is 0.278 e. The maximum absolute atomic E-state index is 13.2. The lowest BCUT2D eigenvalue weighted by atomic mass is 10.1. The van der Waals surface area contributed by atoms with E-state index in [0.717, 1.165) is 28.9 Å². The minimum atomic E-state index is -0.352. The smallest absolute Gasteiger partial charge is 0.278 e. The van der Waals surface area contributed by atoms with Crippen LogP contribution in [-0.2, 0) is 17.8 Å². The van der Waals surface area contributed by atoms with E-state index >= 15 is 0 Å². The largest absolute Gasteiger partial charge is 0.326 e. The van der Waals surface area contributed by atoms with Gasteiger partial charge in [0.1, 0.15) is 5.69 Å². The van der Waals surface area contributed by atoms with Crippen molar-refractivity contribution in [1.82, 2.24) is 9.78 Å². The number of carbonyl (C=O) groups excluding carboxylic acids is 2. The summed E-state index contributed by atoms with van der Waals surface area (Å²) in [5.74, 6) is -0.475. The Morgan fingerprint density at radius 1 is 1.06 bits per heavy atom. The molecule has 1 aliphatic rings. The maximum atomic E-state index is 13.2. The van der Waals surface area contributed by atoms with E-state index in [0.29, 0.717) is 0 Å². The Balaban J connectivity index is 1.49. The Labute approximate surface area is 180 Å². The number of aryl methyl sites for hydroxylation is 2. The fourth-order valence-corrected chi connectivity index (χ4v) is 3.85. The Morgan fingerprint density at radius 3 is 2.61 bits per heavy atom. The van der Waals surface area contributed by atoms with Gasteiger partial charge in [-0.15, -0.1) is 0 Å². The van der Waals surface area contributed by atoms with Gasteiger partial charge in [0.15, 0.2) is 0 Å². The summed E-state index contributed by atoms with van der Waals surface area (Å²) in [4.78, 5) is 39.5. The van der Waals surface area contributed by atoms with Gasteiger partial charge in [0.05, 0.1) is 6.54 Å². The van der Waals surface area contributed by atoms with Gasteiger partial charge in [-0.05, 0) is 49.6 Å². The molecular formula is C24H24N4O3. The molecule has 4 rings (SSSR count). The zero-order valence-electron chi connectivity index (χ0n) is 17.5. The third-order valence-electron chi connectivity index (χ3n) is 5.48. The monoisotopic (exact) mass is 416 g/mol. The highest BCUT2D eigenvalue weighted by Gasteiger charge is 2.32. The molecule has 1 N–H and O–H groups in total. The highest BCUT2D eigenvalue weighted by atomic mass is 16.2. The van der Waals surface area contributed by atoms with Gasteiger partial charge in [-0.2, -0.15) is 5.10 Å². The van der Waals surface area contributed by atoms with Crippen LogP contribution < -0.4 is 15.8 Å². The van der Waals surface area contributed by atoms with Crippen LogP contribution in [0.4, 0.5) is 11.4 Å². The molecule has 0 bridgehead atoms. The van der Waals surface area contributed by atoms with Crippen LogP contribution in [0, 0.1) is 6.92 Å². The van der Waals surface area contributed by atoms with Crippen molar-refractivity contribution in [2.24, 2.45) is 0 Å². The number of amides is 2. The van der Waals surface area contributed by atoms with Crippen molar-refractivity contribution >= 4 is 23.2 Å². The van der Waals surface area contributed by atoms with Crippen molar-refractivity contribution < 1.29 is 9.59 Å². The second kappa shape index (κ2) is 8.55. The summed E-state index contributed by atoms with van der Waals surface area (Å²) < 4.78 is 1.18. The summed E-state index contributed by atoms with van der Waals surface area (Å²) in [6.07, 6.45) is 0.850. The zero-order valence-corrected chi connectivity index (χ0v) is 17.5. The lowest BCUT2D eigenvalue weighted by molar-refractivity contribution is -0.116. The number of benzene rings is 2. The molecular weight excluding hydrogens is 392 g/mol. The second-order valence-electron chi connectivity index (χ2n) is 7.75. The molecule has 31 heavy (non-hydrogen) atoms. The molecule has 2 aromatic carbocycles. The van der Waals surface area contributed by atoms with Gasteiger partial charge in [-0.1, -0.05) is 36.4 Å². The van der Waals surface area contributed by atoms with E-state index in [9.17, 15) is 14.4 Å². The van der Waals surface area contributed by atoms with Gasteiger partial charge >= 0.3 is 0 Å². The van der Waals surface area contributed by atoms with Crippen molar-refractivity contribution in [2.75, 3.05) is 10.2 Å². The molecule has 2 amide bonds. The molecule has 1 atom stereocenters. The van der Waals surface area contributed by atoms with Gasteiger partial charge in [0.25, 0.3) is 11.5 Å². The molecule has 0 saturated carbocycles. The summed E-state index contributed by atoms with van der Waals surface area (Å²) in [5.41, 5.74) is 3.51. The number of fused-ring (bicyclic) bond motifs is 1. The zero-order chi connectivity index (χ0) is 22.0. The number of hydrogen-bond donors (Lipinski definition) is 1. The van der Waals surface area contributed by atoms with Gasteiger partial charge in [0.2, 0.25) is 5.91 Å². The molecule has 0 fully saturated rings. The third kappa shape index (κ3) is 4.26. The van der Waals surface area contributed by atoms with E-state index in [2.05, 4.69) is 10.4 Å². The average molecular weight is 416 g/mol. The number of carbonyl (C=O) groups is 2. The number of hydrogen-bond acceptors (Lipinski definition) is 4. The average Bonchev–Trinajstić information content (AvgIpc) is 3.10. The number of nitrogens with one attached hydrogen (secondary N) is 1. The summed E-state index contributed by atoms with van der Waals surface area (Å²) in [6.45, 7) is 3.99. The van der Waals surface area contributed by atoms with Crippen molar-refractivity contribution in [2.45, 2.75) is 39.3 Å². The predicted octanol–water partition coefficient (Wildman–Crippen LogP) is 3.17. The third-order valence-corrected chi connectivity index (χ3v) is 5.48. The number of nitrogens with zero attached hydrogens (tertiary/aromatic N) is 3. The fraction of sp³-hybridized carbons (Fsp3) is 0.250. The Hall–Kier alpha value is -3.74. The van der Waals surface area contributed by atoms with E-state index in [1.807, 2.05) is 62.4 Å². The van der Waals surface area contributed by atoms with Crippen LogP contribution in [0.5, 0.6) is 0 Å². The molecule has 7 heteroatoms. The van der Waals surface area contributed by atoms with Gasteiger partial charge in [0, 0.05) is 29.9 Å². The van der Waals surface area contributed by atoms with Crippen LogP contribution in [0.15, 0.2) is 65.5 Å². The van der Waals surface area contributed by atoms with Gasteiger partial charge in [-0.3, -0.25) is 14.4 Å². The Morgan fingerprint density at radius 2 is 1.81 bits per heavy atom. The molecule has 7 nitrogen and oxygen atoms in total. The molecule has 1 aromatic heterocycles. The standard InChI is InChI=1S/C24H24N4O3/c1-16-7-3-5-9-19(16)25-22(29)13-14-27-23(30)12-11-20(26-27)24(31)28-17(2)15-18-8-4-6-10-21(18)28/h3-12,17H,13-15H2,1-2H3,(H,25,29)/t17-/m0/s1. The first-order chi connectivity index (χ1) is 14.9. The topological polar surface area (TPSA) is 84.3 Å². The summed E-state index contributed by atoms with van der Waals surface area (Å²) in [7, 11) is 0. The lowest BCUT2D eigenvalue weighted by Gasteiger charge is -2.22. The number of para-hydroxylation sites is 2. The summed E-state index contributed by atoms with van der Waals surface area (Å²) in [6, 6.07) is 18.1. The van der Waals surface area contributed by atoms with Crippen molar-refractivity contribution in [1.29, 1.82) is 0 Å². The Bertz CT molecular complexity index is 1200. The van der Waals surface area contributed by atoms with Crippen molar-refractivity contribution in [3.8, 4) is 0 Å². The highest BCUT2D eigenvalue weighted by Crippen LogP contribution is 2.32. The van der Waals surface area contributed by atoms with Gasteiger partial charge < -0.3 is 10.2 Å². The first kappa shape index (κ1) is 20.5. The minimum Gasteiger partial charge on any atom is -0.326 e. The molecule has 3 aromatic rings. The SMILES string of the molecule is Cc1ccccc1NC(=O)CCn1nc(C(=O)N2c3ccccc3C[C@@H]2C)ccc1=O. The first-order valence-corrected chi connectivity index (χ1v) is 10.3. The van der Waals surface area contributed by atoms with Crippen LogP contribution >= 0.6 is 0 Å². The molecule has 0 aliphatic carbocycles. The molecule has 158 valence electrons. The van der Waals surface area contributed by atoms with Crippen molar-refractivity contribution in [3.05, 3.63) is 87.8 Å². The summed E-state index contributed by atoms with van der Waals surface area (Å²) >= 11 is 0. The van der Waals surface area contributed by atoms with Crippen LogP contribution in [0.3, 0.4) is 0 Å². The predicted molar refractivity (Wildman–Crippen MR) is 119 cm³/mol. The molecule has 0 saturated heterocycles. The molecule has 0 radical (unpaired) electrons. The molecule has 2 heterocycles. The van der Waals surface area contributed by atoms with E-state index in [4.69, 9.17) is 0 Å². The van der Waals surface area contributed by atoms with Crippen LogP contribution in [0.1, 0.15) is 35.0 Å². The first-order valence-electron chi connectivity index (χ1n) is 10.3. The van der Waals surface area contributed by atoms with Crippen LogP contribution in [-0.4, -0.2) is 27.6 Å². The van der Waals surface area contributed by atoms with E-state index < -0.39 is 0 Å². The fourth-order valence-electron chi connectivity index (χ4n) is 3.85. The number of aromatic nitrogens is 2. The molecule has 0 unspecified atom stereocenters. The lowest BCUT2D eigenvalue weighted by Crippen LogP contribution is -2.37.